The Morgan fingerprint density at radius 2 is 1.32 bits per heavy atom. The van der Waals surface area contributed by atoms with Gasteiger partial charge in [-0.3, -0.25) is 0 Å². The first-order valence-corrected chi connectivity index (χ1v) is 6.87. The van der Waals surface area contributed by atoms with E-state index in [0.29, 0.717) is 0 Å². The molecule has 0 amide bonds. The molecule has 3 aromatic rings. The van der Waals surface area contributed by atoms with Gasteiger partial charge in [0.1, 0.15) is 0 Å². The summed E-state index contributed by atoms with van der Waals surface area (Å²) in [4.78, 5) is 0. The third-order valence-electron chi connectivity index (χ3n) is 3.70. The van der Waals surface area contributed by atoms with Crippen LogP contribution in [0.3, 0.4) is 0 Å². The molecule has 0 bridgehead atoms. The molecule has 3 rings (SSSR count). The van der Waals surface area contributed by atoms with Crippen LogP contribution < -0.4 is 0 Å². The highest BCUT2D eigenvalue weighted by atomic mass is 16.2. The molecule has 0 fully saturated rings. The quantitative estimate of drug-likeness (QED) is 0.470. The maximum Gasteiger partial charge on any atom is 0.0822 e. The lowest BCUT2D eigenvalue weighted by Crippen LogP contribution is -1.92. The first-order valence-electron chi connectivity index (χ1n) is 6.87. The van der Waals surface area contributed by atoms with Gasteiger partial charge in [-0.25, -0.2) is 5.11 Å². The summed E-state index contributed by atoms with van der Waals surface area (Å²) >= 11 is 0. The Morgan fingerprint density at radius 3 is 1.89 bits per heavy atom. The minimum absolute atomic E-state index is 0.0305. The van der Waals surface area contributed by atoms with Crippen LogP contribution in [0.15, 0.2) is 54.6 Å². The standard InChI is InChI=1S/C18H17O/c19-12-6-5-11-18-16-9-3-1-7-14(16)13-15-8-2-4-10-17(15)18/h1-4,7-10,13H,5-6,11-12H2. The fourth-order valence-corrected chi connectivity index (χ4v) is 2.78. The summed E-state index contributed by atoms with van der Waals surface area (Å²) in [6.45, 7) is 0.0305. The van der Waals surface area contributed by atoms with Crippen LogP contribution in [-0.4, -0.2) is 6.61 Å². The highest BCUT2D eigenvalue weighted by molar-refractivity contribution is 6.02. The first kappa shape index (κ1) is 12.2. The van der Waals surface area contributed by atoms with Gasteiger partial charge < -0.3 is 0 Å². The SMILES string of the molecule is [O]CCCCc1c2ccccc2cc2ccccc12. The van der Waals surface area contributed by atoms with Gasteiger partial charge in [-0.2, -0.15) is 0 Å². The number of fused-ring (bicyclic) bond motifs is 2. The molecule has 0 aliphatic heterocycles. The van der Waals surface area contributed by atoms with Gasteiger partial charge in [-0.05, 0) is 52.4 Å². The Labute approximate surface area is 113 Å². The van der Waals surface area contributed by atoms with Crippen LogP contribution in [0.4, 0.5) is 0 Å². The molecule has 0 aliphatic rings. The van der Waals surface area contributed by atoms with Crippen LogP contribution in [0.2, 0.25) is 0 Å². The topological polar surface area (TPSA) is 19.9 Å². The van der Waals surface area contributed by atoms with Gasteiger partial charge in [0.05, 0.1) is 6.61 Å². The van der Waals surface area contributed by atoms with E-state index in [1.54, 1.807) is 0 Å². The molecule has 19 heavy (non-hydrogen) atoms. The molecule has 3 aromatic carbocycles. The molecule has 0 unspecified atom stereocenters. The maximum absolute atomic E-state index is 10.6. The lowest BCUT2D eigenvalue weighted by molar-refractivity contribution is 0.187. The van der Waals surface area contributed by atoms with Crippen LogP contribution in [-0.2, 0) is 11.5 Å². The molecule has 1 nitrogen and oxygen atoms in total. The molecule has 0 aliphatic carbocycles. The minimum atomic E-state index is 0.0305. The molecule has 95 valence electrons. The van der Waals surface area contributed by atoms with Crippen molar-refractivity contribution in [2.24, 2.45) is 0 Å². The Morgan fingerprint density at radius 1 is 0.737 bits per heavy atom. The van der Waals surface area contributed by atoms with Gasteiger partial charge in [0.2, 0.25) is 0 Å². The van der Waals surface area contributed by atoms with E-state index in [1.165, 1.54) is 27.1 Å². The summed E-state index contributed by atoms with van der Waals surface area (Å²) in [6, 6.07) is 19.3. The van der Waals surface area contributed by atoms with Crippen LogP contribution in [0.1, 0.15) is 18.4 Å². The lowest BCUT2D eigenvalue weighted by atomic mass is 9.93. The van der Waals surface area contributed by atoms with Crippen LogP contribution in [0.5, 0.6) is 0 Å². The largest absolute Gasteiger partial charge is 0.237 e. The number of unbranched alkanes of at least 4 members (excludes halogenated alkanes) is 1. The number of hydrogen-bond acceptors (Lipinski definition) is 0. The molecule has 1 heteroatoms. The molecule has 0 saturated heterocycles. The van der Waals surface area contributed by atoms with E-state index in [9.17, 15) is 5.11 Å². The van der Waals surface area contributed by atoms with E-state index in [-0.39, 0.29) is 6.61 Å². The number of hydrogen-bond donors (Lipinski definition) is 0. The third kappa shape index (κ3) is 2.34. The van der Waals surface area contributed by atoms with Crippen molar-refractivity contribution in [3.05, 3.63) is 60.2 Å². The lowest BCUT2D eigenvalue weighted by Gasteiger charge is -2.11. The summed E-state index contributed by atoms with van der Waals surface area (Å²) < 4.78 is 0. The zero-order valence-electron chi connectivity index (χ0n) is 10.9. The third-order valence-corrected chi connectivity index (χ3v) is 3.70. The van der Waals surface area contributed by atoms with Crippen molar-refractivity contribution in [2.45, 2.75) is 19.3 Å². The van der Waals surface area contributed by atoms with Crippen molar-refractivity contribution in [3.63, 3.8) is 0 Å². The molecule has 0 atom stereocenters. The highest BCUT2D eigenvalue weighted by Crippen LogP contribution is 2.29. The molecule has 1 radical (unpaired) electrons. The fraction of sp³-hybridized carbons (Fsp3) is 0.222. The molecular weight excluding hydrogens is 232 g/mol. The van der Waals surface area contributed by atoms with Crippen molar-refractivity contribution in [1.29, 1.82) is 0 Å². The molecule has 0 spiro atoms. The van der Waals surface area contributed by atoms with E-state index in [4.69, 9.17) is 0 Å². The Balaban J connectivity index is 2.21. The van der Waals surface area contributed by atoms with E-state index in [0.717, 1.165) is 19.3 Å². The van der Waals surface area contributed by atoms with Crippen molar-refractivity contribution >= 4 is 21.5 Å². The van der Waals surface area contributed by atoms with Gasteiger partial charge in [0.15, 0.2) is 0 Å². The molecule has 0 N–H and O–H groups in total. The number of benzene rings is 3. The predicted octanol–water partition coefficient (Wildman–Crippen LogP) is 4.75. The molecule has 0 heterocycles. The fourth-order valence-electron chi connectivity index (χ4n) is 2.78. The van der Waals surface area contributed by atoms with Crippen molar-refractivity contribution in [1.82, 2.24) is 0 Å². The Kier molecular flexibility index (Phi) is 3.47. The van der Waals surface area contributed by atoms with Crippen LogP contribution in [0, 0.1) is 0 Å². The van der Waals surface area contributed by atoms with E-state index in [1.807, 2.05) is 0 Å². The van der Waals surface area contributed by atoms with Crippen molar-refractivity contribution in [3.8, 4) is 0 Å². The number of rotatable bonds is 4. The average molecular weight is 249 g/mol. The summed E-state index contributed by atoms with van der Waals surface area (Å²) in [5.74, 6) is 0. The normalized spacial score (nSPS) is 11.2. The van der Waals surface area contributed by atoms with Crippen LogP contribution in [0.25, 0.3) is 21.5 Å². The van der Waals surface area contributed by atoms with Gasteiger partial charge in [0, 0.05) is 0 Å². The second-order valence-corrected chi connectivity index (χ2v) is 4.96. The van der Waals surface area contributed by atoms with Gasteiger partial charge in [-0.15, -0.1) is 0 Å². The monoisotopic (exact) mass is 249 g/mol. The maximum atomic E-state index is 10.6. The van der Waals surface area contributed by atoms with E-state index in [2.05, 4.69) is 54.6 Å². The Hall–Kier alpha value is -1.86. The van der Waals surface area contributed by atoms with Crippen LogP contribution >= 0.6 is 0 Å². The zero-order valence-corrected chi connectivity index (χ0v) is 10.9. The summed E-state index contributed by atoms with van der Waals surface area (Å²) in [5, 5.41) is 15.9. The predicted molar refractivity (Wildman–Crippen MR) is 79.9 cm³/mol. The Bertz CT molecular complexity index is 646. The molecular formula is C18H17O. The molecule has 0 aromatic heterocycles. The minimum Gasteiger partial charge on any atom is -0.237 e. The number of aryl methyl sites for hydroxylation is 1. The van der Waals surface area contributed by atoms with E-state index < -0.39 is 0 Å². The van der Waals surface area contributed by atoms with E-state index >= 15 is 0 Å². The van der Waals surface area contributed by atoms with Gasteiger partial charge in [-0.1, -0.05) is 48.5 Å². The molecule has 0 saturated carbocycles. The van der Waals surface area contributed by atoms with Crippen molar-refractivity contribution < 1.29 is 5.11 Å². The van der Waals surface area contributed by atoms with Gasteiger partial charge >= 0.3 is 0 Å². The summed E-state index contributed by atoms with van der Waals surface area (Å²) in [6.07, 6.45) is 2.73. The first-order chi connectivity index (χ1) is 9.40. The summed E-state index contributed by atoms with van der Waals surface area (Å²) in [5.41, 5.74) is 1.39. The average Bonchev–Trinajstić information content (AvgIpc) is 2.46. The summed E-state index contributed by atoms with van der Waals surface area (Å²) in [7, 11) is 0. The smallest absolute Gasteiger partial charge is 0.0822 e. The second-order valence-electron chi connectivity index (χ2n) is 4.96. The highest BCUT2D eigenvalue weighted by Gasteiger charge is 2.06. The second kappa shape index (κ2) is 5.41. The van der Waals surface area contributed by atoms with Gasteiger partial charge in [0.25, 0.3) is 0 Å². The zero-order chi connectivity index (χ0) is 13.1. The van der Waals surface area contributed by atoms with Crippen molar-refractivity contribution in [2.75, 3.05) is 6.61 Å².